The van der Waals surface area contributed by atoms with Crippen molar-refractivity contribution in [1.29, 1.82) is 0 Å². The van der Waals surface area contributed by atoms with E-state index in [0.717, 1.165) is 12.0 Å². The van der Waals surface area contributed by atoms with Crippen molar-refractivity contribution in [1.82, 2.24) is 9.97 Å². The number of aromatic nitrogens is 2. The zero-order chi connectivity index (χ0) is 12.0. The monoisotopic (exact) mass is 225 g/mol. The largest absolute Gasteiger partial charge is 0.475 e. The number of nitrogens with two attached hydrogens (primary N) is 1. The second-order valence-electron chi connectivity index (χ2n) is 3.66. The lowest BCUT2D eigenvalue weighted by Gasteiger charge is -2.11. The van der Waals surface area contributed by atoms with Gasteiger partial charge in [0.1, 0.15) is 18.8 Å². The SMILES string of the molecule is CCc1c(N)ncnc1OCCOC(C)C. The summed E-state index contributed by atoms with van der Waals surface area (Å²) in [5.41, 5.74) is 6.58. The zero-order valence-corrected chi connectivity index (χ0v) is 10.1. The number of nitrogen functional groups attached to an aromatic ring is 1. The van der Waals surface area contributed by atoms with E-state index >= 15 is 0 Å². The van der Waals surface area contributed by atoms with Gasteiger partial charge in [-0.3, -0.25) is 0 Å². The molecule has 5 heteroatoms. The van der Waals surface area contributed by atoms with Gasteiger partial charge in [-0.25, -0.2) is 9.97 Å². The fourth-order valence-electron chi connectivity index (χ4n) is 1.29. The molecule has 0 fully saturated rings. The second kappa shape index (κ2) is 6.27. The first-order valence-corrected chi connectivity index (χ1v) is 5.48. The van der Waals surface area contributed by atoms with Crippen molar-refractivity contribution < 1.29 is 9.47 Å². The van der Waals surface area contributed by atoms with Gasteiger partial charge in [0, 0.05) is 0 Å². The van der Waals surface area contributed by atoms with Gasteiger partial charge in [-0.15, -0.1) is 0 Å². The predicted octanol–water partition coefficient (Wildman–Crippen LogP) is 1.43. The first-order valence-electron chi connectivity index (χ1n) is 5.48. The molecule has 0 aliphatic carbocycles. The third-order valence-electron chi connectivity index (χ3n) is 2.07. The van der Waals surface area contributed by atoms with Gasteiger partial charge in [0.2, 0.25) is 5.88 Å². The smallest absolute Gasteiger partial charge is 0.221 e. The third-order valence-corrected chi connectivity index (χ3v) is 2.07. The van der Waals surface area contributed by atoms with E-state index in [9.17, 15) is 0 Å². The van der Waals surface area contributed by atoms with Crippen molar-refractivity contribution in [3.8, 4) is 5.88 Å². The molecule has 0 spiro atoms. The Balaban J connectivity index is 2.50. The van der Waals surface area contributed by atoms with Crippen molar-refractivity contribution in [3.63, 3.8) is 0 Å². The van der Waals surface area contributed by atoms with E-state index in [1.165, 1.54) is 6.33 Å². The van der Waals surface area contributed by atoms with Crippen molar-refractivity contribution >= 4 is 5.82 Å². The minimum absolute atomic E-state index is 0.213. The van der Waals surface area contributed by atoms with Crippen LogP contribution in [-0.4, -0.2) is 29.3 Å². The normalized spacial score (nSPS) is 10.8. The molecule has 0 saturated heterocycles. The molecule has 0 radical (unpaired) electrons. The van der Waals surface area contributed by atoms with Gasteiger partial charge < -0.3 is 15.2 Å². The minimum atomic E-state index is 0.213. The van der Waals surface area contributed by atoms with E-state index in [1.807, 2.05) is 20.8 Å². The van der Waals surface area contributed by atoms with Crippen LogP contribution in [0.4, 0.5) is 5.82 Å². The molecule has 90 valence electrons. The summed E-state index contributed by atoms with van der Waals surface area (Å²) in [6.45, 7) is 6.99. The lowest BCUT2D eigenvalue weighted by molar-refractivity contribution is 0.0540. The Morgan fingerprint density at radius 1 is 1.31 bits per heavy atom. The number of nitrogens with zero attached hydrogens (tertiary/aromatic N) is 2. The maximum absolute atomic E-state index is 5.72. The molecule has 5 nitrogen and oxygen atoms in total. The lowest BCUT2D eigenvalue weighted by Crippen LogP contribution is -2.13. The maximum Gasteiger partial charge on any atom is 0.221 e. The second-order valence-corrected chi connectivity index (χ2v) is 3.66. The van der Waals surface area contributed by atoms with E-state index in [-0.39, 0.29) is 6.10 Å². The predicted molar refractivity (Wildman–Crippen MR) is 62.4 cm³/mol. The third kappa shape index (κ3) is 3.66. The molecule has 2 N–H and O–H groups in total. The molecule has 1 aromatic rings. The van der Waals surface area contributed by atoms with Gasteiger partial charge in [-0.1, -0.05) is 6.92 Å². The van der Waals surface area contributed by atoms with Gasteiger partial charge in [0.05, 0.1) is 18.3 Å². The molecule has 1 rings (SSSR count). The molecular formula is C11H19N3O2. The molecule has 0 saturated carbocycles. The van der Waals surface area contributed by atoms with Crippen LogP contribution in [0.1, 0.15) is 26.3 Å². The van der Waals surface area contributed by atoms with Crippen molar-refractivity contribution in [2.24, 2.45) is 0 Å². The zero-order valence-electron chi connectivity index (χ0n) is 10.1. The highest BCUT2D eigenvalue weighted by molar-refractivity contribution is 5.44. The molecule has 0 aliphatic heterocycles. The molecule has 0 unspecified atom stereocenters. The van der Waals surface area contributed by atoms with Crippen molar-refractivity contribution in [2.75, 3.05) is 18.9 Å². The Bertz CT molecular complexity index is 329. The van der Waals surface area contributed by atoms with Crippen LogP contribution < -0.4 is 10.5 Å². The van der Waals surface area contributed by atoms with Crippen LogP contribution in [0.15, 0.2) is 6.33 Å². The number of ether oxygens (including phenoxy) is 2. The maximum atomic E-state index is 5.72. The van der Waals surface area contributed by atoms with Crippen molar-refractivity contribution in [2.45, 2.75) is 33.3 Å². The number of hydrogen-bond acceptors (Lipinski definition) is 5. The summed E-state index contributed by atoms with van der Waals surface area (Å²) in [4.78, 5) is 7.98. The Hall–Kier alpha value is -1.36. The molecule has 0 aromatic carbocycles. The summed E-state index contributed by atoms with van der Waals surface area (Å²) in [6, 6.07) is 0. The highest BCUT2D eigenvalue weighted by Crippen LogP contribution is 2.19. The summed E-state index contributed by atoms with van der Waals surface area (Å²) in [7, 11) is 0. The Labute approximate surface area is 96.0 Å². The van der Waals surface area contributed by atoms with Crippen LogP contribution in [-0.2, 0) is 11.2 Å². The Kier molecular flexibility index (Phi) is 4.98. The molecule has 1 heterocycles. The van der Waals surface area contributed by atoms with Gasteiger partial charge in [0.25, 0.3) is 0 Å². The first-order chi connectivity index (χ1) is 7.65. The topological polar surface area (TPSA) is 70.3 Å². The molecule has 1 aromatic heterocycles. The summed E-state index contributed by atoms with van der Waals surface area (Å²) in [6.07, 6.45) is 2.38. The molecule has 0 aliphatic rings. The van der Waals surface area contributed by atoms with Crippen LogP contribution in [0.2, 0.25) is 0 Å². The highest BCUT2D eigenvalue weighted by Gasteiger charge is 2.08. The van der Waals surface area contributed by atoms with E-state index in [1.54, 1.807) is 0 Å². The number of anilines is 1. The molecule has 0 atom stereocenters. The Morgan fingerprint density at radius 2 is 2.06 bits per heavy atom. The first kappa shape index (κ1) is 12.7. The summed E-state index contributed by atoms with van der Waals surface area (Å²) >= 11 is 0. The molecule has 16 heavy (non-hydrogen) atoms. The van der Waals surface area contributed by atoms with Crippen molar-refractivity contribution in [3.05, 3.63) is 11.9 Å². The molecular weight excluding hydrogens is 206 g/mol. The average molecular weight is 225 g/mol. The minimum Gasteiger partial charge on any atom is -0.475 e. The van der Waals surface area contributed by atoms with E-state index < -0.39 is 0 Å². The summed E-state index contributed by atoms with van der Waals surface area (Å²) in [5, 5.41) is 0. The number of rotatable bonds is 6. The van der Waals surface area contributed by atoms with Crippen LogP contribution in [0.25, 0.3) is 0 Å². The fourth-order valence-corrected chi connectivity index (χ4v) is 1.29. The van der Waals surface area contributed by atoms with E-state index in [2.05, 4.69) is 9.97 Å². The van der Waals surface area contributed by atoms with Crippen LogP contribution >= 0.6 is 0 Å². The van der Waals surface area contributed by atoms with Crippen LogP contribution in [0, 0.1) is 0 Å². The van der Waals surface area contributed by atoms with Gasteiger partial charge in [0.15, 0.2) is 0 Å². The van der Waals surface area contributed by atoms with E-state index in [4.69, 9.17) is 15.2 Å². The Morgan fingerprint density at radius 3 is 2.69 bits per heavy atom. The summed E-state index contributed by atoms with van der Waals surface area (Å²) < 4.78 is 10.9. The lowest BCUT2D eigenvalue weighted by atomic mass is 10.2. The molecule has 0 amide bonds. The quantitative estimate of drug-likeness (QED) is 0.741. The number of hydrogen-bond donors (Lipinski definition) is 1. The standard InChI is InChI=1S/C11H19N3O2/c1-4-9-10(12)13-7-14-11(9)16-6-5-15-8(2)3/h7-8H,4-6H2,1-3H3,(H2,12,13,14). The van der Waals surface area contributed by atoms with Gasteiger partial charge in [-0.05, 0) is 20.3 Å². The fraction of sp³-hybridized carbons (Fsp3) is 0.636. The highest BCUT2D eigenvalue weighted by atomic mass is 16.5. The van der Waals surface area contributed by atoms with Crippen LogP contribution in [0.5, 0.6) is 5.88 Å². The molecule has 0 bridgehead atoms. The van der Waals surface area contributed by atoms with Crippen LogP contribution in [0.3, 0.4) is 0 Å². The van der Waals surface area contributed by atoms with Gasteiger partial charge in [-0.2, -0.15) is 0 Å². The summed E-state index contributed by atoms with van der Waals surface area (Å²) in [5.74, 6) is 1.04. The van der Waals surface area contributed by atoms with Gasteiger partial charge >= 0.3 is 0 Å². The van der Waals surface area contributed by atoms with E-state index in [0.29, 0.717) is 24.9 Å². The average Bonchev–Trinajstić information content (AvgIpc) is 2.24.